The van der Waals surface area contributed by atoms with Gasteiger partial charge in [-0.2, -0.15) is 0 Å². The topological polar surface area (TPSA) is 51.5 Å². The molecule has 0 unspecified atom stereocenters. The molecule has 4 aromatic rings. The van der Waals surface area contributed by atoms with Crippen LogP contribution < -0.4 is 0 Å². The van der Waals surface area contributed by atoms with Crippen LogP contribution in [0.4, 0.5) is 0 Å². The highest BCUT2D eigenvalue weighted by Gasteiger charge is 2.61. The molecule has 5 heteroatoms. The van der Waals surface area contributed by atoms with E-state index in [1.54, 1.807) is 0 Å². The largest absolute Gasteiger partial charge is 0.465 e. The number of esters is 1. The number of aromatic nitrogens is 1. The molecule has 37 heavy (non-hydrogen) atoms. The Bertz CT molecular complexity index is 1510. The van der Waals surface area contributed by atoms with Gasteiger partial charge in [0.2, 0.25) is 0 Å². The maximum Gasteiger partial charge on any atom is 0.314 e. The zero-order valence-corrected chi connectivity index (χ0v) is 21.0. The van der Waals surface area contributed by atoms with Crippen molar-refractivity contribution in [1.82, 2.24) is 9.47 Å². The first kappa shape index (κ1) is 22.3. The molecule has 2 fully saturated rings. The normalized spacial score (nSPS) is 26.0. The molecule has 0 saturated carbocycles. The number of piperidine rings is 1. The third-order valence-corrected chi connectivity index (χ3v) is 9.14. The molecule has 3 aliphatic rings. The van der Waals surface area contributed by atoms with Crippen LogP contribution >= 0.6 is 0 Å². The molecule has 2 bridgehead atoms. The molecule has 2 saturated heterocycles. The van der Waals surface area contributed by atoms with Gasteiger partial charge in [0, 0.05) is 41.2 Å². The Labute approximate surface area is 216 Å². The van der Waals surface area contributed by atoms with E-state index in [4.69, 9.17) is 4.74 Å². The average molecular weight is 491 g/mol. The number of fused-ring (bicyclic) bond motifs is 6. The molecule has 7 rings (SSSR count). The van der Waals surface area contributed by atoms with Gasteiger partial charge in [-0.05, 0) is 48.1 Å². The quantitative estimate of drug-likeness (QED) is 0.333. The molecular formula is C32H30N2O3. The van der Waals surface area contributed by atoms with E-state index in [9.17, 15) is 9.59 Å². The zero-order chi connectivity index (χ0) is 25.1. The standard InChI is InChI=1S/C32H30N2O3/c1-2-32-20-34(30(35)22-13-7-4-8-14-22)27-17-25(32)24(19-37-31(32)36)28-23-15-9-10-16-26(23)33(29(27)28)18-21-11-5-3-6-12-21/h3-16,24-25,27H,2,17-20H2,1H3/t24-,25-,27+,32-/m1/s1. The summed E-state index contributed by atoms with van der Waals surface area (Å²) in [7, 11) is 0. The fourth-order valence-corrected chi connectivity index (χ4v) is 7.37. The maximum atomic E-state index is 14.1. The van der Waals surface area contributed by atoms with Crippen molar-refractivity contribution in [1.29, 1.82) is 0 Å². The molecule has 0 N–H and O–H groups in total. The molecule has 3 aromatic carbocycles. The molecule has 0 radical (unpaired) electrons. The van der Waals surface area contributed by atoms with Gasteiger partial charge < -0.3 is 14.2 Å². The molecule has 186 valence electrons. The number of carbonyl (C=O) groups excluding carboxylic acids is 2. The van der Waals surface area contributed by atoms with Crippen molar-refractivity contribution in [3.05, 3.63) is 107 Å². The summed E-state index contributed by atoms with van der Waals surface area (Å²) in [6.45, 7) is 3.62. The lowest BCUT2D eigenvalue weighted by atomic mass is 9.56. The van der Waals surface area contributed by atoms with Crippen LogP contribution in [-0.4, -0.2) is 34.5 Å². The lowest BCUT2D eigenvalue weighted by molar-refractivity contribution is -0.181. The van der Waals surface area contributed by atoms with Crippen molar-refractivity contribution >= 4 is 22.8 Å². The van der Waals surface area contributed by atoms with Gasteiger partial charge in [0.15, 0.2) is 0 Å². The van der Waals surface area contributed by atoms with E-state index in [0.29, 0.717) is 25.1 Å². The number of rotatable bonds is 4. The Kier molecular flexibility index (Phi) is 5.04. The minimum Gasteiger partial charge on any atom is -0.465 e. The summed E-state index contributed by atoms with van der Waals surface area (Å²) >= 11 is 0. The van der Waals surface area contributed by atoms with E-state index in [0.717, 1.165) is 13.0 Å². The Morgan fingerprint density at radius 2 is 1.68 bits per heavy atom. The van der Waals surface area contributed by atoms with E-state index in [1.165, 1.54) is 27.7 Å². The first-order chi connectivity index (χ1) is 18.1. The molecular weight excluding hydrogens is 460 g/mol. The number of hydrogen-bond acceptors (Lipinski definition) is 3. The lowest BCUT2D eigenvalue weighted by Crippen LogP contribution is -2.62. The number of likely N-dealkylation sites (tertiary alicyclic amines) is 1. The number of para-hydroxylation sites is 1. The highest BCUT2D eigenvalue weighted by molar-refractivity contribution is 5.96. The summed E-state index contributed by atoms with van der Waals surface area (Å²) in [6, 6.07) is 28.5. The van der Waals surface area contributed by atoms with Crippen molar-refractivity contribution in [2.24, 2.45) is 11.3 Å². The van der Waals surface area contributed by atoms with Crippen LogP contribution in [0.1, 0.15) is 58.9 Å². The van der Waals surface area contributed by atoms with E-state index < -0.39 is 5.41 Å². The van der Waals surface area contributed by atoms with Gasteiger partial charge in [-0.3, -0.25) is 9.59 Å². The smallest absolute Gasteiger partial charge is 0.314 e. The van der Waals surface area contributed by atoms with Crippen LogP contribution in [0.3, 0.4) is 0 Å². The molecule has 2 aliphatic heterocycles. The van der Waals surface area contributed by atoms with Crippen molar-refractivity contribution < 1.29 is 14.3 Å². The van der Waals surface area contributed by atoms with Crippen molar-refractivity contribution in [2.45, 2.75) is 38.3 Å². The predicted molar refractivity (Wildman–Crippen MR) is 142 cm³/mol. The maximum absolute atomic E-state index is 14.1. The molecule has 1 amide bonds. The van der Waals surface area contributed by atoms with Crippen LogP contribution in [0.5, 0.6) is 0 Å². The van der Waals surface area contributed by atoms with Crippen LogP contribution in [0.25, 0.3) is 10.9 Å². The zero-order valence-electron chi connectivity index (χ0n) is 21.0. The third kappa shape index (κ3) is 3.16. The first-order valence-corrected chi connectivity index (χ1v) is 13.3. The monoisotopic (exact) mass is 490 g/mol. The van der Waals surface area contributed by atoms with Gasteiger partial charge in [0.1, 0.15) is 0 Å². The Morgan fingerprint density at radius 3 is 2.43 bits per heavy atom. The Morgan fingerprint density at radius 1 is 0.973 bits per heavy atom. The second-order valence-corrected chi connectivity index (χ2v) is 10.8. The number of benzene rings is 3. The first-order valence-electron chi connectivity index (χ1n) is 13.3. The van der Waals surface area contributed by atoms with Gasteiger partial charge >= 0.3 is 5.97 Å². The van der Waals surface area contributed by atoms with Gasteiger partial charge in [-0.15, -0.1) is 0 Å². The SMILES string of the molecule is CC[C@@]12CN(C(=O)c3ccccc3)[C@H]3C[C@@H]1[C@@H](COC2=O)c1c3n(Cc2ccccc2)c2ccccc12. The van der Waals surface area contributed by atoms with E-state index in [-0.39, 0.29) is 29.8 Å². The van der Waals surface area contributed by atoms with Crippen LogP contribution in [0.2, 0.25) is 0 Å². The Balaban J connectivity index is 1.48. The summed E-state index contributed by atoms with van der Waals surface area (Å²) in [5.74, 6) is 0.139. The van der Waals surface area contributed by atoms with E-state index in [2.05, 4.69) is 60.0 Å². The summed E-state index contributed by atoms with van der Waals surface area (Å²) in [5, 5.41) is 1.21. The van der Waals surface area contributed by atoms with Crippen molar-refractivity contribution in [2.75, 3.05) is 13.2 Å². The van der Waals surface area contributed by atoms with Crippen LogP contribution in [-0.2, 0) is 16.1 Å². The minimum absolute atomic E-state index is 0.0174. The lowest BCUT2D eigenvalue weighted by Gasteiger charge is -2.57. The van der Waals surface area contributed by atoms with Crippen molar-refractivity contribution in [3.63, 3.8) is 0 Å². The number of hydrogen-bond donors (Lipinski definition) is 0. The fraction of sp³-hybridized carbons (Fsp3) is 0.312. The molecule has 5 nitrogen and oxygen atoms in total. The predicted octanol–water partition coefficient (Wildman–Crippen LogP) is 5.94. The highest BCUT2D eigenvalue weighted by Crippen LogP contribution is 2.60. The van der Waals surface area contributed by atoms with Gasteiger partial charge in [-0.1, -0.05) is 73.7 Å². The highest BCUT2D eigenvalue weighted by atomic mass is 16.5. The van der Waals surface area contributed by atoms with E-state index >= 15 is 0 Å². The Hall–Kier alpha value is -3.86. The molecule has 0 spiro atoms. The molecule has 1 aromatic heterocycles. The van der Waals surface area contributed by atoms with Crippen molar-refractivity contribution in [3.8, 4) is 0 Å². The van der Waals surface area contributed by atoms with Crippen LogP contribution in [0.15, 0.2) is 84.9 Å². The number of cyclic esters (lactones) is 1. The second kappa shape index (κ2) is 8.34. The number of nitrogens with zero attached hydrogens (tertiary/aromatic N) is 2. The average Bonchev–Trinajstić information content (AvgIpc) is 3.28. The third-order valence-electron chi connectivity index (χ3n) is 9.14. The fourth-order valence-electron chi connectivity index (χ4n) is 7.37. The van der Waals surface area contributed by atoms with E-state index in [1.807, 2.05) is 41.3 Å². The molecule has 4 atom stereocenters. The number of amides is 1. The van der Waals surface area contributed by atoms with Gasteiger partial charge in [0.25, 0.3) is 5.91 Å². The summed E-state index contributed by atoms with van der Waals surface area (Å²) < 4.78 is 8.37. The van der Waals surface area contributed by atoms with Gasteiger partial charge in [-0.25, -0.2) is 0 Å². The summed E-state index contributed by atoms with van der Waals surface area (Å²) in [6.07, 6.45) is 1.45. The summed E-state index contributed by atoms with van der Waals surface area (Å²) in [4.78, 5) is 29.5. The molecule has 3 heterocycles. The summed E-state index contributed by atoms with van der Waals surface area (Å²) in [5.41, 5.74) is 4.86. The number of carbonyl (C=O) groups is 2. The van der Waals surface area contributed by atoms with Gasteiger partial charge in [0.05, 0.1) is 18.1 Å². The van der Waals surface area contributed by atoms with Crippen LogP contribution in [0, 0.1) is 11.3 Å². The number of ether oxygens (including phenoxy) is 1. The second-order valence-electron chi connectivity index (χ2n) is 10.8. The molecule has 1 aliphatic carbocycles. The minimum atomic E-state index is -0.676.